The summed E-state index contributed by atoms with van der Waals surface area (Å²) in [5, 5.41) is 5.09. The van der Waals surface area contributed by atoms with Gasteiger partial charge in [-0.25, -0.2) is 4.98 Å². The first kappa shape index (κ1) is 25.8. The van der Waals surface area contributed by atoms with Crippen LogP contribution in [0.3, 0.4) is 0 Å². The van der Waals surface area contributed by atoms with Crippen molar-refractivity contribution in [3.8, 4) is 28.2 Å². The van der Waals surface area contributed by atoms with Crippen molar-refractivity contribution in [1.29, 1.82) is 0 Å². The zero-order valence-corrected chi connectivity index (χ0v) is 25.0. The molecule has 0 bridgehead atoms. The van der Waals surface area contributed by atoms with E-state index in [1.54, 1.807) is 0 Å². The molecule has 214 valence electrons. The van der Waals surface area contributed by atoms with Crippen molar-refractivity contribution < 1.29 is 0 Å². The molecule has 0 saturated carbocycles. The minimum absolute atomic E-state index is 0.239. The lowest BCUT2D eigenvalue weighted by molar-refractivity contribution is 0.510. The Morgan fingerprint density at radius 3 is 1.71 bits per heavy atom. The van der Waals surface area contributed by atoms with Crippen molar-refractivity contribution in [3.05, 3.63) is 158 Å². The van der Waals surface area contributed by atoms with E-state index in [-0.39, 0.29) is 6.04 Å². The highest BCUT2D eigenvalue weighted by molar-refractivity contribution is 6.18. The fraction of sp³-hybridized carbons (Fsp3) is 0.0714. The molecule has 8 aromatic rings. The Balaban J connectivity index is 1.39. The van der Waals surface area contributed by atoms with Crippen LogP contribution < -0.4 is 0 Å². The topological polar surface area (TPSA) is 22.8 Å². The molecular weight excluding hydrogens is 546 g/mol. The van der Waals surface area contributed by atoms with Crippen molar-refractivity contribution in [2.75, 3.05) is 0 Å². The molecular formula is C42H31N3. The molecule has 0 spiro atoms. The van der Waals surface area contributed by atoms with Crippen molar-refractivity contribution >= 4 is 43.6 Å². The van der Waals surface area contributed by atoms with E-state index in [1.807, 2.05) is 0 Å². The second kappa shape index (κ2) is 10.2. The highest BCUT2D eigenvalue weighted by Gasteiger charge is 2.23. The van der Waals surface area contributed by atoms with Crippen molar-refractivity contribution in [2.24, 2.45) is 5.92 Å². The summed E-state index contributed by atoms with van der Waals surface area (Å²) in [5.74, 6) is 0.387. The zero-order valence-electron chi connectivity index (χ0n) is 25.0. The molecule has 0 fully saturated rings. The molecule has 0 radical (unpaired) electrons. The second-order valence-corrected chi connectivity index (χ2v) is 12.1. The maximum absolute atomic E-state index is 5.17. The van der Waals surface area contributed by atoms with E-state index in [2.05, 4.69) is 174 Å². The molecule has 0 amide bonds. The van der Waals surface area contributed by atoms with Crippen LogP contribution in [0, 0.1) is 5.92 Å². The van der Waals surface area contributed by atoms with Crippen LogP contribution in [0.2, 0.25) is 0 Å². The predicted octanol–water partition coefficient (Wildman–Crippen LogP) is 10.9. The van der Waals surface area contributed by atoms with Crippen molar-refractivity contribution in [2.45, 2.75) is 13.0 Å². The summed E-state index contributed by atoms with van der Waals surface area (Å²) in [6, 6.07) is 48.2. The van der Waals surface area contributed by atoms with Crippen molar-refractivity contribution in [3.63, 3.8) is 0 Å². The van der Waals surface area contributed by atoms with E-state index in [1.165, 1.54) is 43.6 Å². The van der Waals surface area contributed by atoms with Gasteiger partial charge in [0.1, 0.15) is 0 Å². The normalized spacial score (nSPS) is 16.4. The van der Waals surface area contributed by atoms with Gasteiger partial charge in [0.2, 0.25) is 0 Å². The lowest BCUT2D eigenvalue weighted by Gasteiger charge is -2.24. The van der Waals surface area contributed by atoms with Crippen LogP contribution in [-0.4, -0.2) is 14.1 Å². The number of aromatic nitrogens is 3. The van der Waals surface area contributed by atoms with E-state index in [9.17, 15) is 0 Å². The molecule has 0 saturated heterocycles. The number of benzene rings is 5. The molecule has 2 unspecified atom stereocenters. The first-order valence-corrected chi connectivity index (χ1v) is 15.7. The number of hydrogen-bond donors (Lipinski definition) is 0. The number of hydrogen-bond acceptors (Lipinski definition) is 1. The largest absolute Gasteiger partial charge is 0.333 e. The highest BCUT2D eigenvalue weighted by Crippen LogP contribution is 2.42. The van der Waals surface area contributed by atoms with Gasteiger partial charge in [0.05, 0.1) is 39.7 Å². The molecule has 5 aromatic carbocycles. The summed E-state index contributed by atoms with van der Waals surface area (Å²) < 4.78 is 4.99. The number of nitrogens with zero attached hydrogens (tertiary/aromatic N) is 3. The SMILES string of the molecule is CC1C=CC=CC1n1c2ccccc2c2cc3c4ccccc4n(-c4cc(-c5ccccc5)nc(-c5ccccc5)c4)c3cc21. The Morgan fingerprint density at radius 1 is 0.489 bits per heavy atom. The van der Waals surface area contributed by atoms with Gasteiger partial charge >= 0.3 is 0 Å². The predicted molar refractivity (Wildman–Crippen MR) is 189 cm³/mol. The monoisotopic (exact) mass is 577 g/mol. The second-order valence-electron chi connectivity index (χ2n) is 12.1. The molecule has 3 heterocycles. The van der Waals surface area contributed by atoms with Gasteiger partial charge in [0.25, 0.3) is 0 Å². The van der Waals surface area contributed by atoms with Gasteiger partial charge in [-0.05, 0) is 42.3 Å². The third-order valence-electron chi connectivity index (χ3n) is 9.38. The van der Waals surface area contributed by atoms with Crippen LogP contribution in [-0.2, 0) is 0 Å². The van der Waals surface area contributed by atoms with Gasteiger partial charge < -0.3 is 9.13 Å². The fourth-order valence-electron chi connectivity index (χ4n) is 7.25. The Kier molecular flexibility index (Phi) is 5.85. The summed E-state index contributed by atoms with van der Waals surface area (Å²) in [6.45, 7) is 2.31. The Morgan fingerprint density at radius 2 is 1.04 bits per heavy atom. The summed E-state index contributed by atoms with van der Waals surface area (Å²) in [4.78, 5) is 5.17. The summed E-state index contributed by atoms with van der Waals surface area (Å²) in [5.41, 5.74) is 10.1. The molecule has 0 aliphatic heterocycles. The summed E-state index contributed by atoms with van der Waals surface area (Å²) in [7, 11) is 0. The summed E-state index contributed by atoms with van der Waals surface area (Å²) in [6.07, 6.45) is 9.02. The molecule has 9 rings (SSSR count). The third kappa shape index (κ3) is 4.08. The maximum Gasteiger partial charge on any atom is 0.0730 e. The molecule has 0 N–H and O–H groups in total. The smallest absolute Gasteiger partial charge is 0.0730 e. The fourth-order valence-corrected chi connectivity index (χ4v) is 7.25. The Labute approximate surface area is 262 Å². The Bertz CT molecular complexity index is 2380. The van der Waals surface area contributed by atoms with Crippen molar-refractivity contribution in [1.82, 2.24) is 14.1 Å². The summed E-state index contributed by atoms with van der Waals surface area (Å²) >= 11 is 0. The molecule has 3 nitrogen and oxygen atoms in total. The lowest BCUT2D eigenvalue weighted by atomic mass is 9.96. The van der Waals surface area contributed by atoms with Gasteiger partial charge in [-0.2, -0.15) is 0 Å². The van der Waals surface area contributed by atoms with Gasteiger partial charge in [0.15, 0.2) is 0 Å². The molecule has 3 aromatic heterocycles. The Hall–Kier alpha value is -5.67. The maximum atomic E-state index is 5.17. The average molecular weight is 578 g/mol. The van der Waals surface area contributed by atoms with Crippen LogP contribution in [0.5, 0.6) is 0 Å². The van der Waals surface area contributed by atoms with Crippen LogP contribution >= 0.6 is 0 Å². The molecule has 1 aliphatic rings. The minimum atomic E-state index is 0.239. The number of para-hydroxylation sites is 2. The standard InChI is InChI=1S/C42H31N3/c1-28-14-8-11-21-38(28)45-40-23-13-10-20-33(40)35-26-34-32-19-9-12-22-39(32)44(41(34)27-42(35)45)31-24-36(29-15-4-2-5-16-29)43-37(25-31)30-17-6-3-7-18-30/h2-28,38H,1H3. The van der Waals surface area contributed by atoms with Gasteiger partial charge in [-0.3, -0.25) is 0 Å². The van der Waals surface area contributed by atoms with Gasteiger partial charge in [-0.15, -0.1) is 0 Å². The van der Waals surface area contributed by atoms with Gasteiger partial charge in [0, 0.05) is 38.2 Å². The zero-order chi connectivity index (χ0) is 29.9. The van der Waals surface area contributed by atoms with Crippen LogP contribution in [0.25, 0.3) is 71.8 Å². The molecule has 1 aliphatic carbocycles. The highest BCUT2D eigenvalue weighted by atomic mass is 15.0. The quantitative estimate of drug-likeness (QED) is 0.204. The molecule has 3 heteroatoms. The number of rotatable bonds is 4. The van der Waals surface area contributed by atoms with Crippen LogP contribution in [0.15, 0.2) is 158 Å². The number of fused-ring (bicyclic) bond motifs is 6. The molecule has 45 heavy (non-hydrogen) atoms. The van der Waals surface area contributed by atoms with E-state index >= 15 is 0 Å². The van der Waals surface area contributed by atoms with E-state index in [0.29, 0.717) is 5.92 Å². The first-order valence-electron chi connectivity index (χ1n) is 15.7. The third-order valence-corrected chi connectivity index (χ3v) is 9.38. The first-order chi connectivity index (χ1) is 22.2. The van der Waals surface area contributed by atoms with E-state index < -0.39 is 0 Å². The van der Waals surface area contributed by atoms with Crippen LogP contribution in [0.1, 0.15) is 13.0 Å². The van der Waals surface area contributed by atoms with E-state index in [4.69, 9.17) is 4.98 Å². The van der Waals surface area contributed by atoms with Crippen LogP contribution in [0.4, 0.5) is 0 Å². The number of pyridine rings is 1. The van der Waals surface area contributed by atoms with Gasteiger partial charge in [-0.1, -0.05) is 128 Å². The number of allylic oxidation sites excluding steroid dienone is 4. The minimum Gasteiger partial charge on any atom is -0.333 e. The van der Waals surface area contributed by atoms with E-state index in [0.717, 1.165) is 28.2 Å². The molecule has 2 atom stereocenters. The average Bonchev–Trinajstić information content (AvgIpc) is 3.60. The lowest BCUT2D eigenvalue weighted by Crippen LogP contribution is -2.15.